The molecule has 1 aliphatic rings. The average molecular weight is 327 g/mol. The van der Waals surface area contributed by atoms with Crippen molar-refractivity contribution in [1.29, 1.82) is 0 Å². The van der Waals surface area contributed by atoms with Gasteiger partial charge >= 0.3 is 6.03 Å². The molecule has 5 nitrogen and oxygen atoms in total. The minimum Gasteiger partial charge on any atom is -0.394 e. The predicted molar refractivity (Wildman–Crippen MR) is 87.2 cm³/mol. The molecule has 0 bridgehead atoms. The van der Waals surface area contributed by atoms with Crippen molar-refractivity contribution in [2.75, 3.05) is 25.6 Å². The first-order valence-electron chi connectivity index (χ1n) is 7.53. The van der Waals surface area contributed by atoms with Crippen molar-refractivity contribution in [3.05, 3.63) is 28.8 Å². The van der Waals surface area contributed by atoms with Crippen LogP contribution in [0.5, 0.6) is 0 Å². The molecule has 0 aliphatic carbocycles. The first-order valence-corrected chi connectivity index (χ1v) is 7.91. The van der Waals surface area contributed by atoms with Gasteiger partial charge < -0.3 is 20.1 Å². The molecular formula is C16H23ClN2O3. The highest BCUT2D eigenvalue weighted by Gasteiger charge is 2.31. The number of anilines is 1. The van der Waals surface area contributed by atoms with Gasteiger partial charge in [0.05, 0.1) is 19.3 Å². The predicted octanol–water partition coefficient (Wildman–Crippen LogP) is 3.11. The maximum absolute atomic E-state index is 12.6. The third-order valence-corrected chi connectivity index (χ3v) is 4.57. The Morgan fingerprint density at radius 1 is 1.55 bits per heavy atom. The molecule has 2 amide bonds. The number of carbonyl (C=O) groups excluding carboxylic acids is 1. The molecule has 6 heteroatoms. The van der Waals surface area contributed by atoms with E-state index >= 15 is 0 Å². The van der Waals surface area contributed by atoms with Crippen molar-refractivity contribution < 1.29 is 14.6 Å². The van der Waals surface area contributed by atoms with Crippen LogP contribution in [0, 0.1) is 5.92 Å². The fraction of sp³-hybridized carbons (Fsp3) is 0.562. The lowest BCUT2D eigenvalue weighted by molar-refractivity contribution is 0.0811. The number of methoxy groups -OCH3 is 1. The number of hydrogen-bond donors (Lipinski definition) is 2. The van der Waals surface area contributed by atoms with E-state index in [2.05, 4.69) is 12.2 Å². The Morgan fingerprint density at radius 2 is 2.32 bits per heavy atom. The lowest BCUT2D eigenvalue weighted by Crippen LogP contribution is -2.51. The number of carbonyl (C=O) groups is 1. The SMILES string of the molecule is COCc1c(Cl)cccc1NC(=O)N1CCC[C@@H](C)[C@@H]1CO. The molecule has 122 valence electrons. The maximum atomic E-state index is 12.6. The Labute approximate surface area is 136 Å². The van der Waals surface area contributed by atoms with Gasteiger partial charge in [0, 0.05) is 29.9 Å². The van der Waals surface area contributed by atoms with E-state index in [1.807, 2.05) is 0 Å². The third kappa shape index (κ3) is 3.72. The lowest BCUT2D eigenvalue weighted by atomic mass is 9.91. The first-order chi connectivity index (χ1) is 10.6. The van der Waals surface area contributed by atoms with Crippen LogP contribution in [0.15, 0.2) is 18.2 Å². The van der Waals surface area contributed by atoms with Gasteiger partial charge in [-0.2, -0.15) is 0 Å². The number of benzene rings is 1. The van der Waals surface area contributed by atoms with Crippen LogP contribution in [0.1, 0.15) is 25.3 Å². The highest BCUT2D eigenvalue weighted by molar-refractivity contribution is 6.31. The van der Waals surface area contributed by atoms with E-state index in [0.717, 1.165) is 18.4 Å². The molecule has 2 rings (SSSR count). The number of amides is 2. The van der Waals surface area contributed by atoms with Gasteiger partial charge in [-0.1, -0.05) is 24.6 Å². The molecule has 0 radical (unpaired) electrons. The monoisotopic (exact) mass is 326 g/mol. The standard InChI is InChI=1S/C16H23ClN2O3/c1-11-5-4-8-19(15(11)9-20)16(21)18-14-7-3-6-13(17)12(14)10-22-2/h3,6-7,11,15,20H,4-5,8-10H2,1-2H3,(H,18,21)/t11-,15+/m1/s1. The number of likely N-dealkylation sites (tertiary alicyclic amines) is 1. The molecule has 1 aromatic carbocycles. The van der Waals surface area contributed by atoms with Crippen LogP contribution in [0.2, 0.25) is 5.02 Å². The minimum atomic E-state index is -0.204. The number of ether oxygens (including phenoxy) is 1. The van der Waals surface area contributed by atoms with Crippen molar-refractivity contribution in [1.82, 2.24) is 4.90 Å². The van der Waals surface area contributed by atoms with Crippen molar-refractivity contribution in [2.45, 2.75) is 32.4 Å². The summed E-state index contributed by atoms with van der Waals surface area (Å²) in [5.74, 6) is 0.294. The van der Waals surface area contributed by atoms with E-state index in [-0.39, 0.29) is 18.7 Å². The van der Waals surface area contributed by atoms with Gasteiger partial charge in [0.15, 0.2) is 0 Å². The number of hydrogen-bond acceptors (Lipinski definition) is 3. The summed E-state index contributed by atoms with van der Waals surface area (Å²) in [7, 11) is 1.59. The summed E-state index contributed by atoms with van der Waals surface area (Å²) in [5, 5.41) is 13.0. The summed E-state index contributed by atoms with van der Waals surface area (Å²) in [5.41, 5.74) is 1.40. The number of nitrogens with one attached hydrogen (secondary N) is 1. The van der Waals surface area contributed by atoms with Crippen LogP contribution in [0.3, 0.4) is 0 Å². The molecule has 1 saturated heterocycles. The topological polar surface area (TPSA) is 61.8 Å². The Balaban J connectivity index is 2.16. The van der Waals surface area contributed by atoms with Crippen LogP contribution in [-0.4, -0.2) is 42.3 Å². The van der Waals surface area contributed by atoms with Gasteiger partial charge in [0.2, 0.25) is 0 Å². The maximum Gasteiger partial charge on any atom is 0.322 e. The fourth-order valence-electron chi connectivity index (χ4n) is 2.93. The van der Waals surface area contributed by atoms with Crippen molar-refractivity contribution >= 4 is 23.3 Å². The second kappa shape index (κ2) is 7.81. The van der Waals surface area contributed by atoms with Crippen molar-refractivity contribution in [3.63, 3.8) is 0 Å². The number of piperidine rings is 1. The number of halogens is 1. The van der Waals surface area contributed by atoms with Crippen LogP contribution in [-0.2, 0) is 11.3 Å². The average Bonchev–Trinajstić information content (AvgIpc) is 2.50. The van der Waals surface area contributed by atoms with Gasteiger partial charge in [0.25, 0.3) is 0 Å². The number of rotatable bonds is 4. The first kappa shape index (κ1) is 17.1. The molecule has 0 spiro atoms. The minimum absolute atomic E-state index is 0.0188. The second-order valence-electron chi connectivity index (χ2n) is 5.69. The van der Waals surface area contributed by atoms with Crippen LogP contribution >= 0.6 is 11.6 Å². The van der Waals surface area contributed by atoms with Crippen LogP contribution < -0.4 is 5.32 Å². The van der Waals surface area contributed by atoms with Crippen molar-refractivity contribution in [3.8, 4) is 0 Å². The quantitative estimate of drug-likeness (QED) is 0.893. The van der Waals surface area contributed by atoms with Gasteiger partial charge in [-0.3, -0.25) is 0 Å². The molecule has 2 atom stereocenters. The molecule has 22 heavy (non-hydrogen) atoms. The van der Waals surface area contributed by atoms with E-state index < -0.39 is 0 Å². The summed E-state index contributed by atoms with van der Waals surface area (Å²) < 4.78 is 5.15. The van der Waals surface area contributed by atoms with Crippen LogP contribution in [0.4, 0.5) is 10.5 Å². The Kier molecular flexibility index (Phi) is 6.06. The smallest absolute Gasteiger partial charge is 0.322 e. The fourth-order valence-corrected chi connectivity index (χ4v) is 3.16. The third-order valence-electron chi connectivity index (χ3n) is 4.21. The molecular weight excluding hydrogens is 304 g/mol. The van der Waals surface area contributed by atoms with Crippen molar-refractivity contribution in [2.24, 2.45) is 5.92 Å². The largest absolute Gasteiger partial charge is 0.394 e. The van der Waals surface area contributed by atoms with E-state index in [1.54, 1.807) is 30.2 Å². The van der Waals surface area contributed by atoms with Crippen LogP contribution in [0.25, 0.3) is 0 Å². The van der Waals surface area contributed by atoms with Gasteiger partial charge in [-0.25, -0.2) is 4.79 Å². The Bertz CT molecular complexity index is 524. The summed E-state index contributed by atoms with van der Waals surface area (Å²) in [6.45, 7) is 3.03. The number of nitrogens with zero attached hydrogens (tertiary/aromatic N) is 1. The summed E-state index contributed by atoms with van der Waals surface area (Å²) in [6.07, 6.45) is 1.98. The summed E-state index contributed by atoms with van der Waals surface area (Å²) >= 11 is 6.17. The zero-order chi connectivity index (χ0) is 16.1. The summed E-state index contributed by atoms with van der Waals surface area (Å²) in [6, 6.07) is 5.02. The normalized spacial score (nSPS) is 21.7. The lowest BCUT2D eigenvalue weighted by Gasteiger charge is -2.39. The molecule has 0 aromatic heterocycles. The molecule has 2 N–H and O–H groups in total. The zero-order valence-corrected chi connectivity index (χ0v) is 13.8. The van der Waals surface area contributed by atoms with Gasteiger partial charge in [-0.15, -0.1) is 0 Å². The molecule has 1 heterocycles. The second-order valence-corrected chi connectivity index (χ2v) is 6.10. The Hall–Kier alpha value is -1.30. The van der Waals surface area contributed by atoms with E-state index in [0.29, 0.717) is 29.8 Å². The molecule has 1 aromatic rings. The highest BCUT2D eigenvalue weighted by Crippen LogP contribution is 2.27. The number of aliphatic hydroxyl groups is 1. The van der Waals surface area contributed by atoms with E-state index in [1.165, 1.54) is 0 Å². The Morgan fingerprint density at radius 3 is 3.00 bits per heavy atom. The number of urea groups is 1. The zero-order valence-electron chi connectivity index (χ0n) is 13.0. The summed E-state index contributed by atoms with van der Waals surface area (Å²) in [4.78, 5) is 14.3. The van der Waals surface area contributed by atoms with Gasteiger partial charge in [-0.05, 0) is 30.9 Å². The van der Waals surface area contributed by atoms with E-state index in [4.69, 9.17) is 16.3 Å². The molecule has 1 aliphatic heterocycles. The molecule has 0 unspecified atom stereocenters. The molecule has 0 saturated carbocycles. The van der Waals surface area contributed by atoms with E-state index in [9.17, 15) is 9.90 Å². The van der Waals surface area contributed by atoms with Gasteiger partial charge in [0.1, 0.15) is 0 Å². The molecule has 1 fully saturated rings. The number of aliphatic hydroxyl groups excluding tert-OH is 1. The highest BCUT2D eigenvalue weighted by atomic mass is 35.5.